The third-order valence-electron chi connectivity index (χ3n) is 5.10. The number of amides is 1. The van der Waals surface area contributed by atoms with Gasteiger partial charge in [-0.1, -0.05) is 17.8 Å². The van der Waals surface area contributed by atoms with Crippen LogP contribution in [-0.2, 0) is 4.79 Å². The van der Waals surface area contributed by atoms with Crippen molar-refractivity contribution in [2.75, 3.05) is 22.5 Å². The predicted octanol–water partition coefficient (Wildman–Crippen LogP) is 5.31. The van der Waals surface area contributed by atoms with Crippen LogP contribution in [0.1, 0.15) is 39.7 Å². The number of aromatic nitrogens is 3. The number of hydrogen-bond acceptors (Lipinski definition) is 6. The molecular formula is C22H27N5OS2. The fraction of sp³-hybridized carbons (Fsp3) is 0.409. The van der Waals surface area contributed by atoms with Crippen LogP contribution in [0.5, 0.6) is 0 Å². The molecule has 8 heteroatoms. The molecule has 3 aromatic rings. The second-order valence-corrected chi connectivity index (χ2v) is 9.54. The number of carbonyl (C=O) groups is 1. The first-order valence-electron chi connectivity index (χ1n) is 10.3. The molecule has 158 valence electrons. The summed E-state index contributed by atoms with van der Waals surface area (Å²) in [5.41, 5.74) is 1.98. The van der Waals surface area contributed by atoms with Crippen LogP contribution in [0.3, 0.4) is 0 Å². The van der Waals surface area contributed by atoms with Crippen LogP contribution in [-0.4, -0.2) is 39.0 Å². The monoisotopic (exact) mass is 441 g/mol. The Morgan fingerprint density at radius 3 is 2.63 bits per heavy atom. The highest BCUT2D eigenvalue weighted by molar-refractivity contribution is 7.99. The Balaban J connectivity index is 1.38. The molecule has 0 saturated heterocycles. The number of nitrogens with zero attached hydrogens (tertiary/aromatic N) is 4. The van der Waals surface area contributed by atoms with Gasteiger partial charge in [0, 0.05) is 30.0 Å². The molecule has 1 aliphatic rings. The zero-order valence-corrected chi connectivity index (χ0v) is 19.2. The Bertz CT molecular complexity index is 978. The van der Waals surface area contributed by atoms with Crippen molar-refractivity contribution in [1.82, 2.24) is 14.8 Å². The van der Waals surface area contributed by atoms with Crippen molar-refractivity contribution in [3.8, 4) is 10.7 Å². The number of rotatable bonds is 9. The van der Waals surface area contributed by atoms with Gasteiger partial charge in [-0.2, -0.15) is 0 Å². The number of anilines is 2. The van der Waals surface area contributed by atoms with E-state index < -0.39 is 0 Å². The minimum atomic E-state index is -0.0352. The van der Waals surface area contributed by atoms with Gasteiger partial charge in [0.05, 0.1) is 10.6 Å². The molecule has 0 aliphatic heterocycles. The van der Waals surface area contributed by atoms with Crippen molar-refractivity contribution in [2.24, 2.45) is 0 Å². The van der Waals surface area contributed by atoms with Crippen LogP contribution in [0.2, 0.25) is 0 Å². The Labute approximate surface area is 185 Å². The first-order chi connectivity index (χ1) is 14.6. The number of hydrogen-bond donors (Lipinski definition) is 1. The molecule has 0 radical (unpaired) electrons. The van der Waals surface area contributed by atoms with E-state index in [4.69, 9.17) is 0 Å². The molecule has 30 heavy (non-hydrogen) atoms. The van der Waals surface area contributed by atoms with Crippen LogP contribution in [0, 0.1) is 0 Å². The molecule has 2 aromatic heterocycles. The van der Waals surface area contributed by atoms with E-state index >= 15 is 0 Å². The van der Waals surface area contributed by atoms with E-state index in [0.717, 1.165) is 40.9 Å². The maximum absolute atomic E-state index is 12.5. The lowest BCUT2D eigenvalue weighted by Crippen LogP contribution is -2.30. The van der Waals surface area contributed by atoms with Crippen molar-refractivity contribution < 1.29 is 4.79 Å². The smallest absolute Gasteiger partial charge is 0.234 e. The summed E-state index contributed by atoms with van der Waals surface area (Å²) in [5, 5.41) is 14.6. The number of carbonyl (C=O) groups excluding carboxylic acids is 1. The van der Waals surface area contributed by atoms with Gasteiger partial charge < -0.3 is 10.2 Å². The normalized spacial score (nSPS) is 13.6. The van der Waals surface area contributed by atoms with Crippen LogP contribution >= 0.6 is 23.1 Å². The molecular weight excluding hydrogens is 414 g/mol. The summed E-state index contributed by atoms with van der Waals surface area (Å²) >= 11 is 3.12. The molecule has 1 saturated carbocycles. The zero-order valence-electron chi connectivity index (χ0n) is 17.5. The van der Waals surface area contributed by atoms with Crippen LogP contribution in [0.25, 0.3) is 10.7 Å². The van der Waals surface area contributed by atoms with Crippen molar-refractivity contribution >= 4 is 40.4 Å². The maximum Gasteiger partial charge on any atom is 0.234 e. The van der Waals surface area contributed by atoms with E-state index in [1.807, 2.05) is 23.6 Å². The Hall–Kier alpha value is -2.32. The molecule has 1 aromatic carbocycles. The van der Waals surface area contributed by atoms with Gasteiger partial charge in [0.2, 0.25) is 5.91 Å². The summed E-state index contributed by atoms with van der Waals surface area (Å²) in [4.78, 5) is 15.9. The van der Waals surface area contributed by atoms with Crippen LogP contribution in [0.4, 0.5) is 11.4 Å². The third-order valence-corrected chi connectivity index (χ3v) is 6.91. The van der Waals surface area contributed by atoms with E-state index in [0.29, 0.717) is 17.8 Å². The molecule has 1 amide bonds. The predicted molar refractivity (Wildman–Crippen MR) is 126 cm³/mol. The molecule has 0 atom stereocenters. The fourth-order valence-electron chi connectivity index (χ4n) is 3.52. The first kappa shape index (κ1) is 20.9. The first-order valence-corrected chi connectivity index (χ1v) is 12.2. The van der Waals surface area contributed by atoms with E-state index in [1.54, 1.807) is 11.3 Å². The fourth-order valence-corrected chi connectivity index (χ4v) is 5.03. The Morgan fingerprint density at radius 2 is 2.03 bits per heavy atom. The number of benzene rings is 1. The molecule has 0 spiro atoms. The van der Waals surface area contributed by atoms with Gasteiger partial charge in [0.1, 0.15) is 0 Å². The third kappa shape index (κ3) is 4.70. The summed E-state index contributed by atoms with van der Waals surface area (Å²) in [6.45, 7) is 7.47. The van der Waals surface area contributed by atoms with Gasteiger partial charge in [-0.15, -0.1) is 21.5 Å². The molecule has 0 bridgehead atoms. The largest absolute Gasteiger partial charge is 0.369 e. The lowest BCUT2D eigenvalue weighted by molar-refractivity contribution is -0.113. The number of nitrogens with one attached hydrogen (secondary N) is 1. The van der Waals surface area contributed by atoms with Gasteiger partial charge in [-0.25, -0.2) is 0 Å². The summed E-state index contributed by atoms with van der Waals surface area (Å²) < 4.78 is 2.20. The van der Waals surface area contributed by atoms with E-state index in [9.17, 15) is 4.79 Å². The van der Waals surface area contributed by atoms with E-state index in [-0.39, 0.29) is 5.91 Å². The lowest BCUT2D eigenvalue weighted by Gasteiger charge is -2.27. The maximum atomic E-state index is 12.5. The van der Waals surface area contributed by atoms with E-state index in [1.165, 1.54) is 17.4 Å². The van der Waals surface area contributed by atoms with Crippen LogP contribution < -0.4 is 10.2 Å². The summed E-state index contributed by atoms with van der Waals surface area (Å²) in [6, 6.07) is 13.0. The highest BCUT2D eigenvalue weighted by Crippen LogP contribution is 2.41. The standard InChI is InChI=1S/C22H27N5OS2/c1-4-26(15(2)3)17-9-7-16(8-10-17)23-20(28)14-30-22-25-24-21(19-6-5-13-29-19)27(22)18-11-12-18/h5-10,13,15,18H,4,11-12,14H2,1-3H3,(H,23,28). The molecule has 4 rings (SSSR count). The number of thiophene rings is 1. The highest BCUT2D eigenvalue weighted by atomic mass is 32.2. The minimum absolute atomic E-state index is 0.0352. The van der Waals surface area contributed by atoms with Gasteiger partial charge in [-0.3, -0.25) is 9.36 Å². The number of thioether (sulfide) groups is 1. The zero-order chi connectivity index (χ0) is 21.1. The summed E-state index contributed by atoms with van der Waals surface area (Å²) in [7, 11) is 0. The van der Waals surface area contributed by atoms with Crippen LogP contribution in [0.15, 0.2) is 46.9 Å². The minimum Gasteiger partial charge on any atom is -0.369 e. The SMILES string of the molecule is CCN(c1ccc(NC(=O)CSc2nnc(-c3cccs3)n2C2CC2)cc1)C(C)C. The molecule has 2 heterocycles. The van der Waals surface area contributed by atoms with Crippen molar-refractivity contribution in [2.45, 2.75) is 50.9 Å². The quantitative estimate of drug-likeness (QED) is 0.456. The van der Waals surface area contributed by atoms with Gasteiger partial charge in [0.15, 0.2) is 11.0 Å². The average molecular weight is 442 g/mol. The average Bonchev–Trinajstić information content (AvgIpc) is 3.25. The molecule has 1 N–H and O–H groups in total. The summed E-state index contributed by atoms with van der Waals surface area (Å²) in [6.07, 6.45) is 2.29. The van der Waals surface area contributed by atoms with Crippen molar-refractivity contribution in [1.29, 1.82) is 0 Å². The Morgan fingerprint density at radius 1 is 1.27 bits per heavy atom. The summed E-state index contributed by atoms with van der Waals surface area (Å²) in [5.74, 6) is 1.19. The van der Waals surface area contributed by atoms with Gasteiger partial charge >= 0.3 is 0 Å². The molecule has 6 nitrogen and oxygen atoms in total. The highest BCUT2D eigenvalue weighted by Gasteiger charge is 2.30. The molecule has 0 unspecified atom stereocenters. The Kier molecular flexibility index (Phi) is 6.43. The second kappa shape index (κ2) is 9.22. The lowest BCUT2D eigenvalue weighted by atomic mass is 10.2. The van der Waals surface area contributed by atoms with Crippen molar-refractivity contribution in [3.05, 3.63) is 41.8 Å². The second-order valence-electron chi connectivity index (χ2n) is 7.65. The van der Waals surface area contributed by atoms with Crippen molar-refractivity contribution in [3.63, 3.8) is 0 Å². The topological polar surface area (TPSA) is 63.1 Å². The molecule has 1 aliphatic carbocycles. The van der Waals surface area contributed by atoms with E-state index in [2.05, 4.69) is 64.0 Å². The van der Waals surface area contributed by atoms with Gasteiger partial charge in [0.25, 0.3) is 0 Å². The molecule has 1 fully saturated rings. The van der Waals surface area contributed by atoms with Gasteiger partial charge in [-0.05, 0) is 69.3 Å².